The number of rotatable bonds is 5. The summed E-state index contributed by atoms with van der Waals surface area (Å²) in [6.45, 7) is 5.36. The summed E-state index contributed by atoms with van der Waals surface area (Å²) in [6, 6.07) is 4.94. The molecule has 110 valence electrons. The zero-order chi connectivity index (χ0) is 14.5. The van der Waals surface area contributed by atoms with E-state index in [2.05, 4.69) is 5.32 Å². The first kappa shape index (κ1) is 14.6. The van der Waals surface area contributed by atoms with Crippen molar-refractivity contribution in [1.82, 2.24) is 5.32 Å². The Kier molecular flexibility index (Phi) is 4.79. The van der Waals surface area contributed by atoms with Crippen molar-refractivity contribution in [2.24, 2.45) is 0 Å². The van der Waals surface area contributed by atoms with E-state index in [-0.39, 0.29) is 29.4 Å². The van der Waals surface area contributed by atoms with Crippen LogP contribution in [0.4, 0.5) is 5.69 Å². The van der Waals surface area contributed by atoms with Crippen LogP contribution >= 0.6 is 0 Å². The lowest BCUT2D eigenvalue weighted by Gasteiger charge is -2.24. The maximum Gasteiger partial charge on any atom is 0.352 e. The van der Waals surface area contributed by atoms with E-state index in [9.17, 15) is 10.1 Å². The number of nitrogens with one attached hydrogen (secondary N) is 1. The highest BCUT2D eigenvalue weighted by molar-refractivity contribution is 5.57. The highest BCUT2D eigenvalue weighted by Crippen LogP contribution is 2.37. The SMILES string of the molecule is CC(C)Oc1cccc(O[C@H]2CCCNC2)c1[N+](=O)[O-]. The maximum atomic E-state index is 11.3. The van der Waals surface area contributed by atoms with E-state index < -0.39 is 4.92 Å². The Balaban J connectivity index is 2.24. The summed E-state index contributed by atoms with van der Waals surface area (Å²) in [4.78, 5) is 10.9. The van der Waals surface area contributed by atoms with Gasteiger partial charge < -0.3 is 14.8 Å². The quantitative estimate of drug-likeness (QED) is 0.662. The lowest BCUT2D eigenvalue weighted by atomic mass is 10.1. The van der Waals surface area contributed by atoms with Crippen molar-refractivity contribution < 1.29 is 14.4 Å². The second kappa shape index (κ2) is 6.56. The Bertz CT molecular complexity index is 470. The molecule has 1 heterocycles. The van der Waals surface area contributed by atoms with Gasteiger partial charge in [0, 0.05) is 6.54 Å². The van der Waals surface area contributed by atoms with Crippen LogP contribution < -0.4 is 14.8 Å². The zero-order valence-electron chi connectivity index (χ0n) is 11.8. The van der Waals surface area contributed by atoms with Gasteiger partial charge >= 0.3 is 5.69 Å². The molecule has 0 bridgehead atoms. The predicted octanol–water partition coefficient (Wildman–Crippen LogP) is 2.51. The summed E-state index contributed by atoms with van der Waals surface area (Å²) in [5, 5.41) is 14.5. The van der Waals surface area contributed by atoms with Gasteiger partial charge in [0.05, 0.1) is 11.0 Å². The minimum absolute atomic E-state index is 0.0308. The van der Waals surface area contributed by atoms with Crippen molar-refractivity contribution in [2.75, 3.05) is 13.1 Å². The molecule has 6 nitrogen and oxygen atoms in total. The van der Waals surface area contributed by atoms with Gasteiger partial charge in [0.2, 0.25) is 11.5 Å². The Morgan fingerprint density at radius 2 is 2.15 bits per heavy atom. The van der Waals surface area contributed by atoms with Gasteiger partial charge in [0.1, 0.15) is 6.10 Å². The molecule has 1 aromatic rings. The van der Waals surface area contributed by atoms with Gasteiger partial charge in [-0.05, 0) is 45.4 Å². The fourth-order valence-corrected chi connectivity index (χ4v) is 2.23. The van der Waals surface area contributed by atoms with Crippen molar-refractivity contribution in [3.05, 3.63) is 28.3 Å². The molecule has 6 heteroatoms. The molecular formula is C14H20N2O4. The van der Waals surface area contributed by atoms with E-state index in [1.807, 2.05) is 13.8 Å². The van der Waals surface area contributed by atoms with Gasteiger partial charge in [-0.15, -0.1) is 0 Å². The fraction of sp³-hybridized carbons (Fsp3) is 0.571. The van der Waals surface area contributed by atoms with E-state index in [1.165, 1.54) is 0 Å². The van der Waals surface area contributed by atoms with Crippen LogP contribution in [0.3, 0.4) is 0 Å². The lowest BCUT2D eigenvalue weighted by Crippen LogP contribution is -2.37. The predicted molar refractivity (Wildman–Crippen MR) is 75.4 cm³/mol. The highest BCUT2D eigenvalue weighted by atomic mass is 16.6. The molecule has 1 atom stereocenters. The molecule has 0 radical (unpaired) electrons. The van der Waals surface area contributed by atoms with E-state index in [1.54, 1.807) is 18.2 Å². The van der Waals surface area contributed by atoms with E-state index in [0.29, 0.717) is 6.54 Å². The van der Waals surface area contributed by atoms with Crippen molar-refractivity contribution in [1.29, 1.82) is 0 Å². The molecule has 0 spiro atoms. The van der Waals surface area contributed by atoms with Crippen molar-refractivity contribution in [2.45, 2.75) is 38.9 Å². The first-order chi connectivity index (χ1) is 9.58. The highest BCUT2D eigenvalue weighted by Gasteiger charge is 2.25. The van der Waals surface area contributed by atoms with Crippen LogP contribution in [-0.4, -0.2) is 30.2 Å². The molecule has 1 fully saturated rings. The Morgan fingerprint density at radius 1 is 1.40 bits per heavy atom. The van der Waals surface area contributed by atoms with E-state index >= 15 is 0 Å². The summed E-state index contributed by atoms with van der Waals surface area (Å²) >= 11 is 0. The van der Waals surface area contributed by atoms with Crippen molar-refractivity contribution in [3.63, 3.8) is 0 Å². The molecule has 1 saturated heterocycles. The van der Waals surface area contributed by atoms with Crippen LogP contribution in [0.25, 0.3) is 0 Å². The molecule has 1 N–H and O–H groups in total. The first-order valence-corrected chi connectivity index (χ1v) is 6.89. The molecule has 1 aliphatic rings. The number of ether oxygens (including phenoxy) is 2. The van der Waals surface area contributed by atoms with Crippen molar-refractivity contribution >= 4 is 5.69 Å². The van der Waals surface area contributed by atoms with Gasteiger partial charge in [-0.3, -0.25) is 10.1 Å². The topological polar surface area (TPSA) is 73.6 Å². The summed E-state index contributed by atoms with van der Waals surface area (Å²) < 4.78 is 11.3. The monoisotopic (exact) mass is 280 g/mol. The number of nitrogens with zero attached hydrogens (tertiary/aromatic N) is 1. The summed E-state index contributed by atoms with van der Waals surface area (Å²) in [5.41, 5.74) is -0.0910. The second-order valence-corrected chi connectivity index (χ2v) is 5.11. The third-order valence-electron chi connectivity index (χ3n) is 3.05. The summed E-state index contributed by atoms with van der Waals surface area (Å²) in [6.07, 6.45) is 1.76. The third kappa shape index (κ3) is 3.60. The van der Waals surface area contributed by atoms with Crippen LogP contribution in [0.5, 0.6) is 11.5 Å². The molecule has 0 amide bonds. The van der Waals surface area contributed by atoms with E-state index in [4.69, 9.17) is 9.47 Å². The minimum Gasteiger partial charge on any atom is -0.484 e. The number of piperidine rings is 1. The summed E-state index contributed by atoms with van der Waals surface area (Å²) in [7, 11) is 0. The normalized spacial score (nSPS) is 18.9. The number of para-hydroxylation sites is 1. The van der Waals surface area contributed by atoms with Gasteiger partial charge in [-0.2, -0.15) is 0 Å². The molecule has 0 aromatic heterocycles. The molecule has 0 aliphatic carbocycles. The van der Waals surface area contributed by atoms with Crippen LogP contribution in [0.1, 0.15) is 26.7 Å². The Labute approximate surface area is 118 Å². The number of nitro groups is 1. The molecule has 0 saturated carbocycles. The third-order valence-corrected chi connectivity index (χ3v) is 3.05. The van der Waals surface area contributed by atoms with Gasteiger partial charge in [-0.1, -0.05) is 6.07 Å². The lowest BCUT2D eigenvalue weighted by molar-refractivity contribution is -0.387. The Morgan fingerprint density at radius 3 is 2.75 bits per heavy atom. The van der Waals surface area contributed by atoms with Crippen LogP contribution in [0.15, 0.2) is 18.2 Å². The number of nitro benzene ring substituents is 1. The standard InChI is InChI=1S/C14H20N2O4/c1-10(2)19-12-6-3-7-13(14(12)16(17)18)20-11-5-4-8-15-9-11/h3,6-7,10-11,15H,4-5,8-9H2,1-2H3/t11-/m0/s1. The number of hydrogen-bond donors (Lipinski definition) is 1. The molecule has 20 heavy (non-hydrogen) atoms. The largest absolute Gasteiger partial charge is 0.484 e. The average molecular weight is 280 g/mol. The van der Waals surface area contributed by atoms with E-state index in [0.717, 1.165) is 19.4 Å². The van der Waals surface area contributed by atoms with Gasteiger partial charge in [0.15, 0.2) is 0 Å². The molecule has 0 unspecified atom stereocenters. The molecular weight excluding hydrogens is 260 g/mol. The van der Waals surface area contributed by atoms with Crippen molar-refractivity contribution in [3.8, 4) is 11.5 Å². The average Bonchev–Trinajstić information content (AvgIpc) is 2.39. The minimum atomic E-state index is -0.441. The first-order valence-electron chi connectivity index (χ1n) is 6.89. The second-order valence-electron chi connectivity index (χ2n) is 5.11. The smallest absolute Gasteiger partial charge is 0.352 e. The number of hydrogen-bond acceptors (Lipinski definition) is 5. The maximum absolute atomic E-state index is 11.3. The van der Waals surface area contributed by atoms with Gasteiger partial charge in [-0.25, -0.2) is 0 Å². The Hall–Kier alpha value is -1.82. The number of benzene rings is 1. The van der Waals surface area contributed by atoms with Crippen LogP contribution in [0.2, 0.25) is 0 Å². The molecule has 1 aliphatic heterocycles. The molecule has 2 rings (SSSR count). The zero-order valence-corrected chi connectivity index (χ0v) is 11.8. The molecule has 1 aromatic carbocycles. The fourth-order valence-electron chi connectivity index (χ4n) is 2.23. The van der Waals surface area contributed by atoms with Crippen LogP contribution in [-0.2, 0) is 0 Å². The van der Waals surface area contributed by atoms with Gasteiger partial charge in [0.25, 0.3) is 0 Å². The van der Waals surface area contributed by atoms with Crippen LogP contribution in [0, 0.1) is 10.1 Å². The summed E-state index contributed by atoms with van der Waals surface area (Å²) in [5.74, 6) is 0.535.